The molecule has 146 valence electrons. The van der Waals surface area contributed by atoms with Crippen LogP contribution in [0, 0.1) is 0 Å². The van der Waals surface area contributed by atoms with Crippen molar-refractivity contribution < 1.29 is 26.0 Å². The number of hydrogen-bond donors (Lipinski definition) is 1. The van der Waals surface area contributed by atoms with Gasteiger partial charge in [-0.25, -0.2) is 16.8 Å². The van der Waals surface area contributed by atoms with Crippen molar-refractivity contribution in [3.05, 3.63) is 30.2 Å². The maximum Gasteiger partial charge on any atom is 0.277 e. The molecule has 1 aromatic carbocycles. The van der Waals surface area contributed by atoms with Crippen molar-refractivity contribution in [1.82, 2.24) is 10.2 Å². The Morgan fingerprint density at radius 3 is 2.59 bits per heavy atom. The summed E-state index contributed by atoms with van der Waals surface area (Å²) < 4.78 is 51.3. The van der Waals surface area contributed by atoms with E-state index in [0.29, 0.717) is 12.1 Å². The molecule has 1 amide bonds. The summed E-state index contributed by atoms with van der Waals surface area (Å²) in [4.78, 5) is 12.2. The van der Waals surface area contributed by atoms with Crippen LogP contribution in [-0.4, -0.2) is 56.5 Å². The van der Waals surface area contributed by atoms with E-state index in [-0.39, 0.29) is 45.1 Å². The Balaban J connectivity index is 1.52. The Kier molecular flexibility index (Phi) is 5.58. The largest absolute Gasteiger partial charge is 0.416 e. The number of hydrogen-bond acceptors (Lipinski definition) is 9. The van der Waals surface area contributed by atoms with Crippen LogP contribution in [0.1, 0.15) is 18.2 Å². The number of aromatic nitrogens is 2. The zero-order valence-corrected chi connectivity index (χ0v) is 16.7. The molecular formula is C15H17N3O6S3. The normalized spacial score (nSPS) is 19.1. The van der Waals surface area contributed by atoms with Crippen LogP contribution >= 0.6 is 11.8 Å². The van der Waals surface area contributed by atoms with Gasteiger partial charge in [-0.3, -0.25) is 4.79 Å². The third kappa shape index (κ3) is 5.30. The van der Waals surface area contributed by atoms with Gasteiger partial charge in [-0.2, -0.15) is 0 Å². The van der Waals surface area contributed by atoms with Crippen LogP contribution in [0.3, 0.4) is 0 Å². The van der Waals surface area contributed by atoms with Gasteiger partial charge in [0.25, 0.3) is 5.22 Å². The van der Waals surface area contributed by atoms with E-state index in [1.54, 1.807) is 0 Å². The van der Waals surface area contributed by atoms with Crippen molar-refractivity contribution in [2.45, 2.75) is 22.5 Å². The maximum atomic E-state index is 12.0. The highest BCUT2D eigenvalue weighted by molar-refractivity contribution is 7.99. The van der Waals surface area contributed by atoms with Gasteiger partial charge in [0.15, 0.2) is 19.7 Å². The second-order valence-electron chi connectivity index (χ2n) is 6.14. The predicted octanol–water partition coefficient (Wildman–Crippen LogP) is 1.11. The molecule has 1 unspecified atom stereocenters. The number of carbonyl (C=O) groups excluding carboxylic acids is 1. The molecule has 0 saturated carbocycles. The SMILES string of the molecule is CS(=O)(=O)c1ccc(NC(=O)CSc2nnc(C3CCS(=O)(=O)C3)o2)cc1. The van der Waals surface area contributed by atoms with E-state index in [2.05, 4.69) is 15.5 Å². The average Bonchev–Trinajstić information content (AvgIpc) is 3.19. The molecule has 3 rings (SSSR count). The molecule has 0 radical (unpaired) electrons. The third-order valence-electron chi connectivity index (χ3n) is 3.90. The van der Waals surface area contributed by atoms with Crippen LogP contribution in [0.2, 0.25) is 0 Å². The van der Waals surface area contributed by atoms with Crippen molar-refractivity contribution in [3.8, 4) is 0 Å². The van der Waals surface area contributed by atoms with E-state index >= 15 is 0 Å². The van der Waals surface area contributed by atoms with E-state index in [1.807, 2.05) is 0 Å². The molecule has 9 nitrogen and oxygen atoms in total. The number of anilines is 1. The van der Waals surface area contributed by atoms with Crippen molar-refractivity contribution in [3.63, 3.8) is 0 Å². The molecule has 1 aromatic heterocycles. The summed E-state index contributed by atoms with van der Waals surface area (Å²) in [5, 5.41) is 10.5. The van der Waals surface area contributed by atoms with E-state index in [9.17, 15) is 21.6 Å². The first-order valence-corrected chi connectivity index (χ1v) is 12.6. The van der Waals surface area contributed by atoms with Crippen LogP contribution in [0.25, 0.3) is 0 Å². The number of nitrogens with one attached hydrogen (secondary N) is 1. The van der Waals surface area contributed by atoms with Crippen molar-refractivity contribution in [2.24, 2.45) is 0 Å². The molecule has 12 heteroatoms. The molecule has 27 heavy (non-hydrogen) atoms. The molecule has 1 aliphatic rings. The predicted molar refractivity (Wildman–Crippen MR) is 99.2 cm³/mol. The first-order chi connectivity index (χ1) is 12.6. The van der Waals surface area contributed by atoms with E-state index in [1.165, 1.54) is 24.3 Å². The highest BCUT2D eigenvalue weighted by atomic mass is 32.2. The van der Waals surface area contributed by atoms with Gasteiger partial charge in [0.05, 0.1) is 28.1 Å². The topological polar surface area (TPSA) is 136 Å². The number of carbonyl (C=O) groups is 1. The lowest BCUT2D eigenvalue weighted by molar-refractivity contribution is -0.113. The molecule has 0 aliphatic carbocycles. The molecule has 1 fully saturated rings. The smallest absolute Gasteiger partial charge is 0.277 e. The Hall–Kier alpha value is -1.92. The van der Waals surface area contributed by atoms with Gasteiger partial charge >= 0.3 is 0 Å². The average molecular weight is 432 g/mol. The quantitative estimate of drug-likeness (QED) is 0.667. The molecule has 1 atom stereocenters. The monoisotopic (exact) mass is 431 g/mol. The number of rotatable bonds is 6. The minimum atomic E-state index is -3.29. The first kappa shape index (κ1) is 19.8. The van der Waals surface area contributed by atoms with Crippen molar-refractivity contribution in [1.29, 1.82) is 0 Å². The van der Waals surface area contributed by atoms with Gasteiger partial charge < -0.3 is 9.73 Å². The summed E-state index contributed by atoms with van der Waals surface area (Å²) in [6, 6.07) is 5.84. The van der Waals surface area contributed by atoms with Crippen LogP contribution in [0.4, 0.5) is 5.69 Å². The van der Waals surface area contributed by atoms with E-state index in [4.69, 9.17) is 4.42 Å². The fourth-order valence-corrected chi connectivity index (χ4v) is 5.48. The number of thioether (sulfide) groups is 1. The van der Waals surface area contributed by atoms with Gasteiger partial charge in [0.1, 0.15) is 0 Å². The second-order valence-corrected chi connectivity index (χ2v) is 11.3. The number of nitrogens with zero attached hydrogens (tertiary/aromatic N) is 2. The highest BCUT2D eigenvalue weighted by Gasteiger charge is 2.32. The lowest BCUT2D eigenvalue weighted by atomic mass is 10.1. The lowest BCUT2D eigenvalue weighted by Gasteiger charge is -2.05. The van der Waals surface area contributed by atoms with Crippen molar-refractivity contribution in [2.75, 3.05) is 28.8 Å². The van der Waals surface area contributed by atoms with E-state index in [0.717, 1.165) is 18.0 Å². The van der Waals surface area contributed by atoms with Crippen LogP contribution in [0.5, 0.6) is 0 Å². The van der Waals surface area contributed by atoms with Gasteiger partial charge in [-0.05, 0) is 30.7 Å². The number of benzene rings is 1. The molecule has 0 spiro atoms. The van der Waals surface area contributed by atoms with Gasteiger partial charge in [0, 0.05) is 11.9 Å². The minimum Gasteiger partial charge on any atom is -0.416 e. The van der Waals surface area contributed by atoms with Crippen molar-refractivity contribution >= 4 is 43.0 Å². The Bertz CT molecular complexity index is 1040. The fourth-order valence-electron chi connectivity index (χ4n) is 2.54. The highest BCUT2D eigenvalue weighted by Crippen LogP contribution is 2.29. The molecule has 1 aliphatic heterocycles. The molecule has 2 heterocycles. The maximum absolute atomic E-state index is 12.0. The molecular weight excluding hydrogens is 414 g/mol. The Morgan fingerprint density at radius 1 is 1.30 bits per heavy atom. The lowest BCUT2D eigenvalue weighted by Crippen LogP contribution is -2.14. The van der Waals surface area contributed by atoms with Crippen LogP contribution in [-0.2, 0) is 24.5 Å². The van der Waals surface area contributed by atoms with Gasteiger partial charge in [-0.15, -0.1) is 10.2 Å². The molecule has 1 N–H and O–H groups in total. The fraction of sp³-hybridized carbons (Fsp3) is 0.400. The molecule has 1 saturated heterocycles. The Morgan fingerprint density at radius 2 is 2.00 bits per heavy atom. The minimum absolute atomic E-state index is 0.00324. The summed E-state index contributed by atoms with van der Waals surface area (Å²) in [5.74, 6) is -0.213. The molecule has 2 aromatic rings. The first-order valence-electron chi connectivity index (χ1n) is 7.89. The zero-order valence-electron chi connectivity index (χ0n) is 14.3. The zero-order chi connectivity index (χ0) is 19.7. The summed E-state index contributed by atoms with van der Waals surface area (Å²) in [6.07, 6.45) is 1.56. The number of sulfone groups is 2. The summed E-state index contributed by atoms with van der Waals surface area (Å²) in [5.41, 5.74) is 0.468. The van der Waals surface area contributed by atoms with Gasteiger partial charge in [0.2, 0.25) is 11.8 Å². The molecule has 0 bridgehead atoms. The summed E-state index contributed by atoms with van der Waals surface area (Å²) in [6.45, 7) is 0. The number of amides is 1. The second kappa shape index (κ2) is 7.60. The Labute approximate surface area is 160 Å². The standard InChI is InChI=1S/C15H17N3O6S3/c1-26(20,21)12-4-2-11(3-5-12)16-13(19)8-25-15-18-17-14(24-15)10-6-7-27(22,23)9-10/h2-5,10H,6-9H2,1H3,(H,16,19). The summed E-state index contributed by atoms with van der Waals surface area (Å²) >= 11 is 1.04. The van der Waals surface area contributed by atoms with Crippen LogP contribution in [0.15, 0.2) is 38.8 Å². The summed E-state index contributed by atoms with van der Waals surface area (Å²) in [7, 11) is -6.33. The third-order valence-corrected chi connectivity index (χ3v) is 7.61. The van der Waals surface area contributed by atoms with Gasteiger partial charge in [-0.1, -0.05) is 11.8 Å². The van der Waals surface area contributed by atoms with Crippen LogP contribution < -0.4 is 5.32 Å². The van der Waals surface area contributed by atoms with E-state index < -0.39 is 19.7 Å².